The van der Waals surface area contributed by atoms with Crippen molar-refractivity contribution >= 4 is 0 Å². The number of hydrogen-bond donors (Lipinski definition) is 2. The highest BCUT2D eigenvalue weighted by molar-refractivity contribution is 5.28. The molecule has 0 aromatic heterocycles. The number of nitrogens with one attached hydrogen (secondary N) is 1. The molecule has 0 fully saturated rings. The zero-order valence-electron chi connectivity index (χ0n) is 9.96. The van der Waals surface area contributed by atoms with Gasteiger partial charge >= 0.3 is 0 Å². The maximum Gasteiger partial charge on any atom is 0.177 e. The summed E-state index contributed by atoms with van der Waals surface area (Å²) in [4.78, 5) is 0. The third kappa shape index (κ3) is 2.78. The zero-order valence-corrected chi connectivity index (χ0v) is 9.96. The van der Waals surface area contributed by atoms with Gasteiger partial charge in [0.1, 0.15) is 0 Å². The van der Waals surface area contributed by atoms with Crippen molar-refractivity contribution < 1.29 is 18.3 Å². The summed E-state index contributed by atoms with van der Waals surface area (Å²) in [6, 6.07) is 2.13. The fourth-order valence-electron chi connectivity index (χ4n) is 1.58. The van der Waals surface area contributed by atoms with Gasteiger partial charge < -0.3 is 9.47 Å². The summed E-state index contributed by atoms with van der Waals surface area (Å²) in [6.07, 6.45) is -0.809. The number of aryl methyl sites for hydroxylation is 1. The second kappa shape index (κ2) is 6.02. The van der Waals surface area contributed by atoms with Crippen molar-refractivity contribution in [3.63, 3.8) is 0 Å². The van der Waals surface area contributed by atoms with E-state index in [9.17, 15) is 8.78 Å². The third-order valence-electron chi connectivity index (χ3n) is 2.56. The van der Waals surface area contributed by atoms with E-state index in [1.165, 1.54) is 33.3 Å². The lowest BCUT2D eigenvalue weighted by Crippen LogP contribution is -2.39. The van der Waals surface area contributed by atoms with E-state index in [2.05, 4.69) is 5.43 Å². The number of hydrogen-bond acceptors (Lipinski definition) is 4. The Balaban J connectivity index is 3.16. The first kappa shape index (κ1) is 14.0. The van der Waals surface area contributed by atoms with Crippen LogP contribution in [0.3, 0.4) is 0 Å². The van der Waals surface area contributed by atoms with Crippen LogP contribution >= 0.6 is 0 Å². The van der Waals surface area contributed by atoms with Crippen LogP contribution in [0.4, 0.5) is 8.78 Å². The molecule has 6 heteroatoms. The van der Waals surface area contributed by atoms with Gasteiger partial charge in [-0.25, -0.2) is 14.2 Å². The van der Waals surface area contributed by atoms with Crippen molar-refractivity contribution in [3.8, 4) is 0 Å². The Morgan fingerprint density at radius 2 is 1.76 bits per heavy atom. The first-order chi connectivity index (χ1) is 8.06. The molecule has 0 aliphatic carbocycles. The van der Waals surface area contributed by atoms with Crippen LogP contribution in [-0.2, 0) is 9.47 Å². The molecule has 1 atom stereocenters. The van der Waals surface area contributed by atoms with E-state index in [1.807, 2.05) is 0 Å². The molecule has 1 rings (SSSR count). The molecular weight excluding hydrogens is 230 g/mol. The number of benzene rings is 1. The van der Waals surface area contributed by atoms with Crippen LogP contribution in [-0.4, -0.2) is 20.5 Å². The van der Waals surface area contributed by atoms with E-state index >= 15 is 0 Å². The van der Waals surface area contributed by atoms with Crippen LogP contribution in [0.15, 0.2) is 12.1 Å². The summed E-state index contributed by atoms with van der Waals surface area (Å²) in [6.45, 7) is 1.48. The molecule has 17 heavy (non-hydrogen) atoms. The first-order valence-corrected chi connectivity index (χ1v) is 5.03. The predicted molar refractivity (Wildman–Crippen MR) is 59.0 cm³/mol. The topological polar surface area (TPSA) is 56.5 Å². The number of hydrazine groups is 1. The van der Waals surface area contributed by atoms with Crippen molar-refractivity contribution in [3.05, 3.63) is 34.9 Å². The Kier molecular flexibility index (Phi) is 4.95. The van der Waals surface area contributed by atoms with Gasteiger partial charge in [0.05, 0.1) is 6.04 Å². The molecular formula is C11H16F2N2O2. The number of halogens is 2. The van der Waals surface area contributed by atoms with Gasteiger partial charge in [0.15, 0.2) is 17.9 Å². The number of nitrogens with two attached hydrogens (primary N) is 1. The smallest absolute Gasteiger partial charge is 0.177 e. The van der Waals surface area contributed by atoms with Gasteiger partial charge in [0.2, 0.25) is 0 Å². The Labute approximate surface area is 98.7 Å². The molecule has 0 saturated heterocycles. The first-order valence-electron chi connectivity index (χ1n) is 5.03. The summed E-state index contributed by atoms with van der Waals surface area (Å²) >= 11 is 0. The molecule has 3 N–H and O–H groups in total. The van der Waals surface area contributed by atoms with Crippen molar-refractivity contribution in [2.45, 2.75) is 19.3 Å². The Bertz CT molecular complexity index is 384. The normalized spacial score (nSPS) is 13.1. The molecule has 0 saturated carbocycles. The minimum absolute atomic E-state index is 0.0595. The van der Waals surface area contributed by atoms with Gasteiger partial charge in [-0.1, -0.05) is 12.1 Å². The average molecular weight is 246 g/mol. The van der Waals surface area contributed by atoms with Crippen LogP contribution in [0.5, 0.6) is 0 Å². The minimum atomic E-state index is -0.952. The molecule has 0 bridgehead atoms. The maximum absolute atomic E-state index is 13.8. The predicted octanol–water partition coefficient (Wildman–Crippen LogP) is 1.40. The third-order valence-corrected chi connectivity index (χ3v) is 2.56. The van der Waals surface area contributed by atoms with Gasteiger partial charge in [-0.3, -0.25) is 5.84 Å². The van der Waals surface area contributed by atoms with Gasteiger partial charge in [-0.2, -0.15) is 0 Å². The highest BCUT2D eigenvalue weighted by Crippen LogP contribution is 2.25. The van der Waals surface area contributed by atoms with Gasteiger partial charge in [-0.05, 0) is 12.5 Å². The van der Waals surface area contributed by atoms with E-state index in [1.54, 1.807) is 0 Å². The number of ether oxygens (including phenoxy) is 2. The monoisotopic (exact) mass is 246 g/mol. The maximum atomic E-state index is 13.8. The summed E-state index contributed by atoms with van der Waals surface area (Å²) < 4.78 is 37.1. The van der Waals surface area contributed by atoms with Crippen LogP contribution in [0, 0.1) is 18.6 Å². The van der Waals surface area contributed by atoms with E-state index in [0.29, 0.717) is 0 Å². The lowest BCUT2D eigenvalue weighted by Gasteiger charge is -2.24. The second-order valence-electron chi connectivity index (χ2n) is 3.58. The van der Waals surface area contributed by atoms with Crippen LogP contribution in [0.25, 0.3) is 0 Å². The van der Waals surface area contributed by atoms with E-state index in [-0.39, 0.29) is 11.1 Å². The summed E-state index contributed by atoms with van der Waals surface area (Å²) in [5.41, 5.74) is 2.64. The Morgan fingerprint density at radius 3 is 2.24 bits per heavy atom. The molecule has 1 unspecified atom stereocenters. The summed E-state index contributed by atoms with van der Waals surface area (Å²) in [7, 11) is 2.78. The van der Waals surface area contributed by atoms with Crippen LogP contribution < -0.4 is 11.3 Å². The second-order valence-corrected chi connectivity index (χ2v) is 3.58. The average Bonchev–Trinajstić information content (AvgIpc) is 2.34. The van der Waals surface area contributed by atoms with E-state index in [0.717, 1.165) is 0 Å². The van der Waals surface area contributed by atoms with E-state index in [4.69, 9.17) is 15.3 Å². The lowest BCUT2D eigenvalue weighted by atomic mass is 10.0. The minimum Gasteiger partial charge on any atom is -0.354 e. The highest BCUT2D eigenvalue weighted by atomic mass is 19.2. The number of rotatable bonds is 5. The highest BCUT2D eigenvalue weighted by Gasteiger charge is 2.26. The number of methoxy groups -OCH3 is 2. The van der Waals surface area contributed by atoms with Crippen molar-refractivity contribution in [1.82, 2.24) is 5.43 Å². The molecule has 0 spiro atoms. The van der Waals surface area contributed by atoms with Crippen LogP contribution in [0.2, 0.25) is 0 Å². The Hall–Kier alpha value is -1.08. The standard InChI is InChI=1S/C11H16F2N2O2/c1-6-4-5-7(9(13)8(6)12)10(15-14)11(16-2)17-3/h4-5,10-11,15H,14H2,1-3H3. The molecule has 1 aromatic carbocycles. The summed E-state index contributed by atoms with van der Waals surface area (Å²) in [5, 5.41) is 0. The molecule has 1 aromatic rings. The lowest BCUT2D eigenvalue weighted by molar-refractivity contribution is -0.124. The molecule has 0 aliphatic heterocycles. The largest absolute Gasteiger partial charge is 0.354 e. The summed E-state index contributed by atoms with van der Waals surface area (Å²) in [5.74, 6) is 3.47. The molecule has 0 heterocycles. The van der Waals surface area contributed by atoms with Gasteiger partial charge in [0.25, 0.3) is 0 Å². The molecule has 0 amide bonds. The molecule has 0 radical (unpaired) electrons. The Morgan fingerprint density at radius 1 is 1.18 bits per heavy atom. The van der Waals surface area contributed by atoms with Crippen molar-refractivity contribution in [2.24, 2.45) is 5.84 Å². The van der Waals surface area contributed by atoms with E-state index < -0.39 is 24.0 Å². The van der Waals surface area contributed by atoms with Crippen LogP contribution in [0.1, 0.15) is 17.2 Å². The van der Waals surface area contributed by atoms with Gasteiger partial charge in [0, 0.05) is 19.8 Å². The molecule has 4 nitrogen and oxygen atoms in total. The fourth-order valence-corrected chi connectivity index (χ4v) is 1.58. The zero-order chi connectivity index (χ0) is 13.0. The van der Waals surface area contributed by atoms with Gasteiger partial charge in [-0.15, -0.1) is 0 Å². The van der Waals surface area contributed by atoms with Crippen molar-refractivity contribution in [2.75, 3.05) is 14.2 Å². The molecule has 0 aliphatic rings. The fraction of sp³-hybridized carbons (Fsp3) is 0.455. The molecule has 96 valence electrons. The SMILES string of the molecule is COC(OC)C(NN)c1ccc(C)c(F)c1F. The van der Waals surface area contributed by atoms with Crippen molar-refractivity contribution in [1.29, 1.82) is 0 Å². The quantitative estimate of drug-likeness (QED) is 0.468.